The predicted octanol–water partition coefficient (Wildman–Crippen LogP) is 1.79. The van der Waals surface area contributed by atoms with Gasteiger partial charge in [0.25, 0.3) is 5.91 Å². The molecule has 0 unspecified atom stereocenters. The summed E-state index contributed by atoms with van der Waals surface area (Å²) in [6.07, 6.45) is 3.21. The van der Waals surface area contributed by atoms with Crippen molar-refractivity contribution in [2.24, 2.45) is 7.05 Å². The maximum absolute atomic E-state index is 12.3. The number of aromatic hydroxyl groups is 1. The summed E-state index contributed by atoms with van der Waals surface area (Å²) in [5.74, 6) is 0.0149. The summed E-state index contributed by atoms with van der Waals surface area (Å²) in [5.41, 5.74) is 1.20. The maximum Gasteiger partial charge on any atom is 0.261 e. The second-order valence-electron chi connectivity index (χ2n) is 3.97. The molecule has 18 heavy (non-hydrogen) atoms. The topological polar surface area (TPSA) is 58.4 Å². The van der Waals surface area contributed by atoms with Crippen LogP contribution in [0, 0.1) is 0 Å². The van der Waals surface area contributed by atoms with Crippen LogP contribution in [0.5, 0.6) is 5.75 Å². The number of carbonyl (C=O) groups excluding carboxylic acids is 1. The normalized spacial score (nSPS) is 10.3. The molecule has 94 valence electrons. The smallest absolute Gasteiger partial charge is 0.261 e. The van der Waals surface area contributed by atoms with E-state index in [4.69, 9.17) is 0 Å². The van der Waals surface area contributed by atoms with E-state index in [1.54, 1.807) is 47.1 Å². The molecule has 0 saturated carbocycles. The van der Waals surface area contributed by atoms with Crippen LogP contribution in [0.2, 0.25) is 0 Å². The van der Waals surface area contributed by atoms with Crippen molar-refractivity contribution in [1.82, 2.24) is 9.78 Å². The molecule has 2 rings (SSSR count). The van der Waals surface area contributed by atoms with Gasteiger partial charge < -0.3 is 10.0 Å². The number of anilines is 1. The molecule has 0 atom stereocenters. The van der Waals surface area contributed by atoms with Crippen LogP contribution in [0.1, 0.15) is 17.3 Å². The van der Waals surface area contributed by atoms with Crippen molar-refractivity contribution in [3.63, 3.8) is 0 Å². The number of aryl methyl sites for hydroxylation is 1. The molecule has 2 aromatic rings. The lowest BCUT2D eigenvalue weighted by Gasteiger charge is -2.20. The van der Waals surface area contributed by atoms with Gasteiger partial charge in [0.1, 0.15) is 5.75 Å². The monoisotopic (exact) mass is 245 g/mol. The van der Waals surface area contributed by atoms with E-state index in [9.17, 15) is 9.90 Å². The van der Waals surface area contributed by atoms with Crippen LogP contribution >= 0.6 is 0 Å². The van der Waals surface area contributed by atoms with Crippen molar-refractivity contribution < 1.29 is 9.90 Å². The summed E-state index contributed by atoms with van der Waals surface area (Å²) in [6.45, 7) is 2.41. The highest BCUT2D eigenvalue weighted by Gasteiger charge is 2.17. The van der Waals surface area contributed by atoms with Crippen molar-refractivity contribution >= 4 is 11.6 Å². The third-order valence-electron chi connectivity index (χ3n) is 2.65. The molecule has 0 aliphatic rings. The van der Waals surface area contributed by atoms with Gasteiger partial charge in [-0.15, -0.1) is 0 Å². The van der Waals surface area contributed by atoms with Crippen molar-refractivity contribution in [2.45, 2.75) is 6.92 Å². The Morgan fingerprint density at radius 3 is 2.83 bits per heavy atom. The van der Waals surface area contributed by atoms with Gasteiger partial charge in [0.15, 0.2) is 0 Å². The molecule has 0 aliphatic heterocycles. The van der Waals surface area contributed by atoms with Crippen LogP contribution in [0.15, 0.2) is 36.7 Å². The van der Waals surface area contributed by atoms with Crippen LogP contribution < -0.4 is 4.90 Å². The van der Waals surface area contributed by atoms with E-state index in [-0.39, 0.29) is 11.7 Å². The minimum atomic E-state index is -0.129. The van der Waals surface area contributed by atoms with E-state index >= 15 is 0 Å². The fourth-order valence-electron chi connectivity index (χ4n) is 1.79. The Morgan fingerprint density at radius 2 is 2.28 bits per heavy atom. The molecule has 1 aromatic carbocycles. The van der Waals surface area contributed by atoms with Crippen molar-refractivity contribution in [3.05, 3.63) is 42.2 Å². The zero-order valence-corrected chi connectivity index (χ0v) is 10.4. The Kier molecular flexibility index (Phi) is 3.32. The number of carbonyl (C=O) groups is 1. The first-order chi connectivity index (χ1) is 8.61. The molecule has 5 nitrogen and oxygen atoms in total. The number of phenols is 1. The first-order valence-electron chi connectivity index (χ1n) is 5.71. The van der Waals surface area contributed by atoms with Crippen molar-refractivity contribution in [3.8, 4) is 5.75 Å². The molecular weight excluding hydrogens is 230 g/mol. The second-order valence-corrected chi connectivity index (χ2v) is 3.97. The summed E-state index contributed by atoms with van der Waals surface area (Å²) < 4.78 is 1.59. The molecular formula is C13H15N3O2. The van der Waals surface area contributed by atoms with Gasteiger partial charge >= 0.3 is 0 Å². The van der Waals surface area contributed by atoms with E-state index in [1.807, 2.05) is 6.92 Å². The second kappa shape index (κ2) is 4.91. The quantitative estimate of drug-likeness (QED) is 0.896. The van der Waals surface area contributed by atoms with E-state index in [0.717, 1.165) is 0 Å². The lowest BCUT2D eigenvalue weighted by Crippen LogP contribution is -2.30. The Hall–Kier alpha value is -2.30. The largest absolute Gasteiger partial charge is 0.508 e. The Morgan fingerprint density at radius 1 is 1.50 bits per heavy atom. The Labute approximate surface area is 105 Å². The number of nitrogens with zero attached hydrogens (tertiary/aromatic N) is 3. The van der Waals surface area contributed by atoms with Crippen LogP contribution in [-0.2, 0) is 7.05 Å². The molecule has 1 amide bonds. The molecule has 1 N–H and O–H groups in total. The molecule has 0 radical (unpaired) electrons. The fraction of sp³-hybridized carbons (Fsp3) is 0.231. The van der Waals surface area contributed by atoms with Crippen molar-refractivity contribution in [1.29, 1.82) is 0 Å². The average Bonchev–Trinajstić information content (AvgIpc) is 2.77. The first kappa shape index (κ1) is 12.2. The third-order valence-corrected chi connectivity index (χ3v) is 2.65. The molecule has 0 fully saturated rings. The summed E-state index contributed by atoms with van der Waals surface area (Å²) in [7, 11) is 1.77. The molecule has 1 aromatic heterocycles. The zero-order valence-electron chi connectivity index (χ0n) is 10.4. The molecule has 1 heterocycles. The lowest BCUT2D eigenvalue weighted by atomic mass is 10.2. The van der Waals surface area contributed by atoms with E-state index in [2.05, 4.69) is 5.10 Å². The van der Waals surface area contributed by atoms with Crippen LogP contribution in [-0.4, -0.2) is 27.3 Å². The summed E-state index contributed by atoms with van der Waals surface area (Å²) in [4.78, 5) is 13.9. The summed E-state index contributed by atoms with van der Waals surface area (Å²) in [5, 5.41) is 13.4. The molecule has 0 saturated heterocycles. The van der Waals surface area contributed by atoms with Gasteiger partial charge in [0, 0.05) is 31.5 Å². The van der Waals surface area contributed by atoms with Gasteiger partial charge in [0.05, 0.1) is 11.8 Å². The minimum Gasteiger partial charge on any atom is -0.508 e. The molecule has 0 aliphatic carbocycles. The number of aromatic nitrogens is 2. The highest BCUT2D eigenvalue weighted by molar-refractivity contribution is 6.05. The predicted molar refractivity (Wildman–Crippen MR) is 68.7 cm³/mol. The first-order valence-corrected chi connectivity index (χ1v) is 5.71. The minimum absolute atomic E-state index is 0.129. The summed E-state index contributed by atoms with van der Waals surface area (Å²) in [6, 6.07) is 6.64. The number of hydrogen-bond acceptors (Lipinski definition) is 3. The molecule has 0 bridgehead atoms. The van der Waals surface area contributed by atoms with E-state index in [0.29, 0.717) is 17.8 Å². The highest BCUT2D eigenvalue weighted by atomic mass is 16.3. The molecule has 0 spiro atoms. The zero-order chi connectivity index (χ0) is 13.1. The van der Waals surface area contributed by atoms with Crippen LogP contribution in [0.25, 0.3) is 0 Å². The van der Waals surface area contributed by atoms with Gasteiger partial charge in [-0.05, 0) is 19.1 Å². The van der Waals surface area contributed by atoms with Crippen LogP contribution in [0.3, 0.4) is 0 Å². The Balaban J connectivity index is 2.31. The average molecular weight is 245 g/mol. The number of hydrogen-bond donors (Lipinski definition) is 1. The highest BCUT2D eigenvalue weighted by Crippen LogP contribution is 2.21. The Bertz CT molecular complexity index is 563. The number of rotatable bonds is 3. The third kappa shape index (κ3) is 2.34. The number of amides is 1. The van der Waals surface area contributed by atoms with E-state index < -0.39 is 0 Å². The number of phenolic OH excluding ortho intramolecular Hbond substituents is 1. The fourth-order valence-corrected chi connectivity index (χ4v) is 1.79. The van der Waals surface area contributed by atoms with Crippen molar-refractivity contribution in [2.75, 3.05) is 11.4 Å². The van der Waals surface area contributed by atoms with Gasteiger partial charge in [0.2, 0.25) is 0 Å². The molecule has 5 heteroatoms. The SMILES string of the molecule is CCN(C(=O)c1cnn(C)c1)c1cccc(O)c1. The van der Waals surface area contributed by atoms with Gasteiger partial charge in [-0.3, -0.25) is 9.48 Å². The standard InChI is InChI=1S/C13H15N3O2/c1-3-16(11-5-4-6-12(17)7-11)13(18)10-8-14-15(2)9-10/h4-9,17H,3H2,1-2H3. The lowest BCUT2D eigenvalue weighted by molar-refractivity contribution is 0.0988. The summed E-state index contributed by atoms with van der Waals surface area (Å²) >= 11 is 0. The van der Waals surface area contributed by atoms with Crippen LogP contribution in [0.4, 0.5) is 5.69 Å². The van der Waals surface area contributed by atoms with Gasteiger partial charge in [-0.1, -0.05) is 6.07 Å². The maximum atomic E-state index is 12.3. The number of benzene rings is 1. The van der Waals surface area contributed by atoms with Gasteiger partial charge in [-0.2, -0.15) is 5.10 Å². The van der Waals surface area contributed by atoms with E-state index in [1.165, 1.54) is 6.20 Å². The van der Waals surface area contributed by atoms with Gasteiger partial charge in [-0.25, -0.2) is 0 Å².